The third-order valence-electron chi connectivity index (χ3n) is 13.8. The van der Waals surface area contributed by atoms with Crippen molar-refractivity contribution in [3.8, 4) is 11.5 Å². The Balaban J connectivity index is 0.00000676. The van der Waals surface area contributed by atoms with Crippen molar-refractivity contribution in [1.82, 2.24) is 9.80 Å². The second-order valence-corrected chi connectivity index (χ2v) is 22.2. The number of carbonyl (C=O) groups is 4. The molecule has 0 radical (unpaired) electrons. The maximum atomic E-state index is 12.6. The number of piperidine rings is 2. The molecule has 0 bridgehead atoms. The summed E-state index contributed by atoms with van der Waals surface area (Å²) < 4.78 is 22.5. The molecule has 2 aromatic rings. The molecule has 408 valence electrons. The average Bonchev–Trinajstić information content (AvgIpc) is 3.39. The van der Waals surface area contributed by atoms with E-state index in [-0.39, 0.29) is 42.8 Å². The van der Waals surface area contributed by atoms with Gasteiger partial charge in [0.2, 0.25) is 0 Å². The van der Waals surface area contributed by atoms with Crippen LogP contribution < -0.4 is 9.62 Å². The number of hydrogen-bond donors (Lipinski definition) is 1. The Labute approximate surface area is 442 Å². The summed E-state index contributed by atoms with van der Waals surface area (Å²) in [4.78, 5) is 59.1. The van der Waals surface area contributed by atoms with Crippen molar-refractivity contribution < 1.29 is 48.3 Å². The van der Waals surface area contributed by atoms with E-state index in [1.54, 1.807) is 36.4 Å². The van der Waals surface area contributed by atoms with Gasteiger partial charge in [-0.3, -0.25) is 19.2 Å². The lowest BCUT2D eigenvalue weighted by Crippen LogP contribution is -2.36. The Kier molecular flexibility index (Phi) is 35.9. The summed E-state index contributed by atoms with van der Waals surface area (Å²) in [6.07, 6.45) is 23.8. The summed E-state index contributed by atoms with van der Waals surface area (Å²) in [5, 5.41) is 8.68. The highest BCUT2D eigenvalue weighted by molar-refractivity contribution is 8.76. The fourth-order valence-electron chi connectivity index (χ4n) is 9.25. The quantitative estimate of drug-likeness (QED) is 0.0130. The molecule has 4 rings (SSSR count). The Morgan fingerprint density at radius 1 is 0.556 bits per heavy atom. The molecule has 0 amide bonds. The molecule has 1 unspecified atom stereocenters. The second kappa shape index (κ2) is 41.0. The minimum absolute atomic E-state index is 0.0620. The van der Waals surface area contributed by atoms with Crippen molar-refractivity contribution in [2.45, 2.75) is 194 Å². The van der Waals surface area contributed by atoms with Gasteiger partial charge in [0.1, 0.15) is 11.9 Å². The van der Waals surface area contributed by atoms with E-state index < -0.39 is 0 Å². The third kappa shape index (κ3) is 30.2. The van der Waals surface area contributed by atoms with Crippen LogP contribution in [0.3, 0.4) is 0 Å². The summed E-state index contributed by atoms with van der Waals surface area (Å²) in [6, 6.07) is 13.9. The summed E-state index contributed by atoms with van der Waals surface area (Å²) in [6.45, 7) is 16.0. The van der Waals surface area contributed by atoms with Crippen LogP contribution in [0, 0.1) is 11.8 Å². The van der Waals surface area contributed by atoms with Gasteiger partial charge in [-0.25, -0.2) is 5.26 Å². The van der Waals surface area contributed by atoms with Crippen LogP contribution >= 0.6 is 21.6 Å². The number of esters is 4. The molecular formula is C58H94N2O10S2. The van der Waals surface area contributed by atoms with Gasteiger partial charge in [0.25, 0.3) is 0 Å². The molecular weight excluding hydrogens is 949 g/mol. The predicted molar refractivity (Wildman–Crippen MR) is 295 cm³/mol. The van der Waals surface area contributed by atoms with Crippen LogP contribution in [0.15, 0.2) is 48.5 Å². The number of ether oxygens (including phenoxy) is 4. The second-order valence-electron chi connectivity index (χ2n) is 19.5. The number of likely N-dealkylation sites (tertiary alicyclic amines) is 2. The van der Waals surface area contributed by atoms with Crippen molar-refractivity contribution in [2.24, 2.45) is 11.8 Å². The van der Waals surface area contributed by atoms with Gasteiger partial charge in [0.15, 0.2) is 5.75 Å². The SMILES string of the molecule is CC.CCCCCCCCC(CCCC)OC(=O)CCCCCCCC(=O)Oc1ccc(CC(=O)OCCC2CCN(CCSSCCN3CCC(CCOC(=O)Cc4ccc(OO)cc4)CC3)CC2)cc1. The van der Waals surface area contributed by atoms with Crippen LogP contribution in [0.4, 0.5) is 0 Å². The van der Waals surface area contributed by atoms with Crippen LogP contribution in [0.5, 0.6) is 11.5 Å². The molecule has 12 nitrogen and oxygen atoms in total. The maximum Gasteiger partial charge on any atom is 0.311 e. The molecule has 1 N–H and O–H groups in total. The van der Waals surface area contributed by atoms with Gasteiger partial charge in [0, 0.05) is 37.4 Å². The van der Waals surface area contributed by atoms with E-state index in [2.05, 4.69) is 28.5 Å². The fourth-order valence-corrected chi connectivity index (χ4v) is 11.3. The van der Waals surface area contributed by atoms with Gasteiger partial charge in [-0.2, -0.15) is 0 Å². The van der Waals surface area contributed by atoms with Crippen LogP contribution in [-0.2, 0) is 46.2 Å². The Morgan fingerprint density at radius 3 is 1.47 bits per heavy atom. The number of benzene rings is 2. The van der Waals surface area contributed by atoms with E-state index in [0.29, 0.717) is 49.4 Å². The lowest BCUT2D eigenvalue weighted by Gasteiger charge is -2.32. The Hall–Kier alpha value is -3.30. The van der Waals surface area contributed by atoms with Crippen molar-refractivity contribution in [3.63, 3.8) is 0 Å². The molecule has 0 spiro atoms. The van der Waals surface area contributed by atoms with Crippen LogP contribution in [0.1, 0.15) is 187 Å². The molecule has 2 aliphatic heterocycles. The monoisotopic (exact) mass is 1040 g/mol. The highest BCUT2D eigenvalue weighted by Gasteiger charge is 2.22. The summed E-state index contributed by atoms with van der Waals surface area (Å²) in [5.41, 5.74) is 1.66. The van der Waals surface area contributed by atoms with Crippen LogP contribution in [-0.4, -0.2) is 109 Å². The number of nitrogens with zero attached hydrogens (tertiary/aromatic N) is 2. The first kappa shape index (κ1) is 63.0. The maximum absolute atomic E-state index is 12.6. The van der Waals surface area contributed by atoms with Gasteiger partial charge < -0.3 is 33.6 Å². The zero-order valence-corrected chi connectivity index (χ0v) is 46.6. The summed E-state index contributed by atoms with van der Waals surface area (Å²) in [7, 11) is 3.95. The number of carbonyl (C=O) groups excluding carboxylic acids is 4. The summed E-state index contributed by atoms with van der Waals surface area (Å²) in [5.74, 6) is 3.49. The molecule has 0 saturated carbocycles. The molecule has 2 fully saturated rings. The molecule has 72 heavy (non-hydrogen) atoms. The van der Waals surface area contributed by atoms with Crippen molar-refractivity contribution in [2.75, 3.05) is 64.0 Å². The molecule has 14 heteroatoms. The Morgan fingerprint density at radius 2 is 0.986 bits per heavy atom. The lowest BCUT2D eigenvalue weighted by atomic mass is 9.94. The fraction of sp³-hybridized carbons (Fsp3) is 0.724. The highest BCUT2D eigenvalue weighted by atomic mass is 33.1. The third-order valence-corrected chi connectivity index (χ3v) is 16.1. The smallest absolute Gasteiger partial charge is 0.311 e. The van der Waals surface area contributed by atoms with Crippen molar-refractivity contribution in [1.29, 1.82) is 0 Å². The molecule has 0 aromatic heterocycles. The van der Waals surface area contributed by atoms with Gasteiger partial charge >= 0.3 is 23.9 Å². The van der Waals surface area contributed by atoms with Gasteiger partial charge in [0.05, 0.1) is 26.1 Å². The van der Waals surface area contributed by atoms with E-state index in [1.165, 1.54) is 32.1 Å². The largest absolute Gasteiger partial charge is 0.465 e. The van der Waals surface area contributed by atoms with Gasteiger partial charge in [-0.15, -0.1) is 0 Å². The zero-order chi connectivity index (χ0) is 51.9. The normalized spacial score (nSPS) is 15.0. The molecule has 2 saturated heterocycles. The number of hydrogen-bond acceptors (Lipinski definition) is 14. The van der Waals surface area contributed by atoms with E-state index in [0.717, 1.165) is 165 Å². The van der Waals surface area contributed by atoms with Crippen LogP contribution in [0.2, 0.25) is 0 Å². The molecule has 0 aliphatic carbocycles. The highest BCUT2D eigenvalue weighted by Crippen LogP contribution is 2.26. The zero-order valence-electron chi connectivity index (χ0n) is 44.9. The lowest BCUT2D eigenvalue weighted by molar-refractivity contribution is -0.150. The molecule has 1 atom stereocenters. The predicted octanol–water partition coefficient (Wildman–Crippen LogP) is 13.5. The first-order valence-corrected chi connectivity index (χ1v) is 30.6. The topological polar surface area (TPSA) is 141 Å². The minimum Gasteiger partial charge on any atom is -0.465 e. The molecule has 2 aliphatic rings. The first-order valence-electron chi connectivity index (χ1n) is 28.1. The molecule has 2 aromatic carbocycles. The average molecular weight is 1040 g/mol. The van der Waals surface area contributed by atoms with E-state index in [9.17, 15) is 19.2 Å². The van der Waals surface area contributed by atoms with Gasteiger partial charge in [-0.05, 0) is 144 Å². The number of rotatable bonds is 38. The van der Waals surface area contributed by atoms with Crippen molar-refractivity contribution >= 4 is 45.5 Å². The first-order chi connectivity index (χ1) is 35.2. The number of unbranched alkanes of at least 4 members (excludes halogenated alkanes) is 10. The Bertz CT molecular complexity index is 1700. The van der Waals surface area contributed by atoms with E-state index in [4.69, 9.17) is 24.2 Å². The summed E-state index contributed by atoms with van der Waals surface area (Å²) >= 11 is 0. The van der Waals surface area contributed by atoms with Crippen LogP contribution in [0.25, 0.3) is 0 Å². The standard InChI is InChI=1S/C56H88N2O10S2.C2H6/c1-3-5-7-8-10-13-17-50(16-6-4-2)66-53(59)18-14-11-9-12-15-19-54(60)67-51-24-20-48(21-25-51)44-55(61)64-40-32-46-28-34-57(35-29-46)38-42-69-70-43-39-58-36-30-47(31-37-58)33-41-65-56(62)45-49-22-26-52(68-63)27-23-49;1-2/h20-27,46-47,50,63H,3-19,28-45H2,1-2H3;1-2H3. The minimum atomic E-state index is -0.257. The van der Waals surface area contributed by atoms with Gasteiger partial charge in [-0.1, -0.05) is 138 Å². The molecule has 2 heterocycles. The van der Waals surface area contributed by atoms with E-state index >= 15 is 0 Å². The van der Waals surface area contributed by atoms with Crippen molar-refractivity contribution in [3.05, 3.63) is 59.7 Å². The van der Waals surface area contributed by atoms with E-state index in [1.807, 2.05) is 47.6 Å².